The summed E-state index contributed by atoms with van der Waals surface area (Å²) in [6.45, 7) is 0. The number of pyridine rings is 1. The SMILES string of the molecule is COc1ccc(NC(=O)CCc2nc(-c3ccco3)no2)cn1. The van der Waals surface area contributed by atoms with Crippen molar-refractivity contribution in [2.24, 2.45) is 0 Å². The summed E-state index contributed by atoms with van der Waals surface area (Å²) >= 11 is 0. The van der Waals surface area contributed by atoms with E-state index in [0.717, 1.165) is 0 Å². The van der Waals surface area contributed by atoms with E-state index in [9.17, 15) is 4.79 Å². The molecule has 0 radical (unpaired) electrons. The van der Waals surface area contributed by atoms with Crippen molar-refractivity contribution in [3.63, 3.8) is 0 Å². The van der Waals surface area contributed by atoms with Gasteiger partial charge in [0.25, 0.3) is 0 Å². The molecule has 0 atom stereocenters. The lowest BCUT2D eigenvalue weighted by Gasteiger charge is -2.04. The van der Waals surface area contributed by atoms with E-state index in [4.69, 9.17) is 13.7 Å². The Morgan fingerprint density at radius 2 is 2.26 bits per heavy atom. The molecule has 3 aromatic heterocycles. The molecule has 3 rings (SSSR count). The number of aryl methyl sites for hydroxylation is 1. The molecule has 3 aromatic rings. The highest BCUT2D eigenvalue weighted by atomic mass is 16.5. The highest BCUT2D eigenvalue weighted by Gasteiger charge is 2.12. The molecule has 0 bridgehead atoms. The van der Waals surface area contributed by atoms with Gasteiger partial charge in [-0.25, -0.2) is 4.98 Å². The Balaban J connectivity index is 1.52. The summed E-state index contributed by atoms with van der Waals surface area (Å²) in [5.74, 6) is 1.58. The second kappa shape index (κ2) is 6.73. The van der Waals surface area contributed by atoms with E-state index in [1.807, 2.05) is 0 Å². The molecule has 0 aromatic carbocycles. The van der Waals surface area contributed by atoms with Gasteiger partial charge in [-0.1, -0.05) is 5.16 Å². The molecular weight excluding hydrogens is 300 g/mol. The number of rotatable bonds is 6. The number of methoxy groups -OCH3 is 1. The van der Waals surface area contributed by atoms with Gasteiger partial charge < -0.3 is 19.0 Å². The average molecular weight is 314 g/mol. The molecule has 0 saturated heterocycles. The molecule has 0 aliphatic heterocycles. The molecule has 0 saturated carbocycles. The van der Waals surface area contributed by atoms with Crippen LogP contribution >= 0.6 is 0 Å². The van der Waals surface area contributed by atoms with Gasteiger partial charge in [0, 0.05) is 18.9 Å². The summed E-state index contributed by atoms with van der Waals surface area (Å²) in [6.07, 6.45) is 3.61. The quantitative estimate of drug-likeness (QED) is 0.744. The van der Waals surface area contributed by atoms with Gasteiger partial charge in [-0.05, 0) is 18.2 Å². The van der Waals surface area contributed by atoms with Gasteiger partial charge in [0.2, 0.25) is 23.5 Å². The van der Waals surface area contributed by atoms with E-state index in [-0.39, 0.29) is 12.3 Å². The molecule has 8 nitrogen and oxygen atoms in total. The minimum Gasteiger partial charge on any atom is -0.481 e. The Kier molecular flexibility index (Phi) is 4.32. The van der Waals surface area contributed by atoms with Crippen LogP contribution in [0.2, 0.25) is 0 Å². The smallest absolute Gasteiger partial charge is 0.238 e. The molecule has 23 heavy (non-hydrogen) atoms. The van der Waals surface area contributed by atoms with Crippen LogP contribution in [0.1, 0.15) is 12.3 Å². The van der Waals surface area contributed by atoms with E-state index in [2.05, 4.69) is 20.4 Å². The van der Waals surface area contributed by atoms with Gasteiger partial charge in [-0.2, -0.15) is 4.98 Å². The molecule has 118 valence electrons. The number of hydrogen-bond donors (Lipinski definition) is 1. The number of aromatic nitrogens is 3. The Labute approximate surface area is 131 Å². The minimum absolute atomic E-state index is 0.172. The third kappa shape index (κ3) is 3.73. The van der Waals surface area contributed by atoms with Gasteiger partial charge in [-0.3, -0.25) is 4.79 Å². The fourth-order valence-corrected chi connectivity index (χ4v) is 1.88. The van der Waals surface area contributed by atoms with Crippen molar-refractivity contribution in [1.82, 2.24) is 15.1 Å². The Bertz CT molecular complexity index is 765. The number of ether oxygens (including phenoxy) is 1. The molecular formula is C15H14N4O4. The third-order valence-electron chi connectivity index (χ3n) is 3.00. The van der Waals surface area contributed by atoms with Crippen LogP contribution < -0.4 is 10.1 Å². The fraction of sp³-hybridized carbons (Fsp3) is 0.200. The number of nitrogens with zero attached hydrogens (tertiary/aromatic N) is 3. The minimum atomic E-state index is -0.172. The highest BCUT2D eigenvalue weighted by Crippen LogP contribution is 2.16. The van der Waals surface area contributed by atoms with E-state index in [0.29, 0.717) is 35.5 Å². The highest BCUT2D eigenvalue weighted by molar-refractivity contribution is 5.90. The normalized spacial score (nSPS) is 10.5. The predicted octanol–water partition coefficient (Wildman–Crippen LogP) is 2.30. The fourth-order valence-electron chi connectivity index (χ4n) is 1.88. The second-order valence-electron chi connectivity index (χ2n) is 4.63. The summed E-state index contributed by atoms with van der Waals surface area (Å²) in [5, 5.41) is 6.54. The van der Waals surface area contributed by atoms with E-state index in [1.54, 1.807) is 24.3 Å². The second-order valence-corrected chi connectivity index (χ2v) is 4.63. The maximum absolute atomic E-state index is 11.9. The maximum Gasteiger partial charge on any atom is 0.238 e. The molecule has 3 heterocycles. The summed E-state index contributed by atoms with van der Waals surface area (Å²) in [5.41, 5.74) is 0.595. The monoisotopic (exact) mass is 314 g/mol. The number of anilines is 1. The molecule has 1 amide bonds. The van der Waals surface area contributed by atoms with Gasteiger partial charge in [0.05, 0.1) is 25.3 Å². The zero-order valence-corrected chi connectivity index (χ0v) is 12.4. The van der Waals surface area contributed by atoms with Crippen LogP contribution in [-0.2, 0) is 11.2 Å². The molecule has 0 spiro atoms. The lowest BCUT2D eigenvalue weighted by molar-refractivity contribution is -0.116. The number of hydrogen-bond acceptors (Lipinski definition) is 7. The Hall–Kier alpha value is -3.16. The molecule has 0 fully saturated rings. The molecule has 0 aliphatic carbocycles. The van der Waals surface area contributed by atoms with Crippen molar-refractivity contribution in [3.8, 4) is 17.5 Å². The van der Waals surface area contributed by atoms with E-state index >= 15 is 0 Å². The first-order chi connectivity index (χ1) is 11.2. The van der Waals surface area contributed by atoms with Crippen LogP contribution in [0.3, 0.4) is 0 Å². The van der Waals surface area contributed by atoms with Crippen molar-refractivity contribution < 1.29 is 18.5 Å². The van der Waals surface area contributed by atoms with Crippen molar-refractivity contribution in [1.29, 1.82) is 0 Å². The number of carbonyl (C=O) groups excluding carboxylic acids is 1. The largest absolute Gasteiger partial charge is 0.481 e. The van der Waals surface area contributed by atoms with E-state index in [1.165, 1.54) is 19.6 Å². The van der Waals surface area contributed by atoms with Crippen LogP contribution in [-0.4, -0.2) is 28.1 Å². The predicted molar refractivity (Wildman–Crippen MR) is 79.7 cm³/mol. The molecule has 8 heteroatoms. The average Bonchev–Trinajstić information content (AvgIpc) is 3.25. The van der Waals surface area contributed by atoms with Crippen molar-refractivity contribution in [2.75, 3.05) is 12.4 Å². The lowest BCUT2D eigenvalue weighted by Crippen LogP contribution is -2.12. The topological polar surface area (TPSA) is 103 Å². The first-order valence-electron chi connectivity index (χ1n) is 6.91. The van der Waals surface area contributed by atoms with Gasteiger partial charge in [-0.15, -0.1) is 0 Å². The van der Waals surface area contributed by atoms with Crippen LogP contribution in [0.5, 0.6) is 5.88 Å². The number of carbonyl (C=O) groups is 1. The van der Waals surface area contributed by atoms with Crippen molar-refractivity contribution in [3.05, 3.63) is 42.6 Å². The standard InChI is InChI=1S/C15H14N4O4/c1-21-13-6-4-10(9-16-13)17-12(20)5-7-14-18-15(19-23-14)11-3-2-8-22-11/h2-4,6,8-9H,5,7H2,1H3,(H,17,20). The maximum atomic E-state index is 11.9. The molecule has 1 N–H and O–H groups in total. The lowest BCUT2D eigenvalue weighted by atomic mass is 10.3. The van der Waals surface area contributed by atoms with Crippen LogP contribution in [0.4, 0.5) is 5.69 Å². The first-order valence-corrected chi connectivity index (χ1v) is 6.91. The summed E-state index contributed by atoms with van der Waals surface area (Å²) < 4.78 is 15.2. The first kappa shape index (κ1) is 14.8. The Morgan fingerprint density at radius 1 is 1.35 bits per heavy atom. The van der Waals surface area contributed by atoms with Crippen molar-refractivity contribution in [2.45, 2.75) is 12.8 Å². The zero-order chi connectivity index (χ0) is 16.1. The van der Waals surface area contributed by atoms with Gasteiger partial charge in [0.15, 0.2) is 5.76 Å². The van der Waals surface area contributed by atoms with Crippen molar-refractivity contribution >= 4 is 11.6 Å². The van der Waals surface area contributed by atoms with E-state index < -0.39 is 0 Å². The van der Waals surface area contributed by atoms with Gasteiger partial charge in [0.1, 0.15) is 0 Å². The van der Waals surface area contributed by atoms with Crippen LogP contribution in [0, 0.1) is 0 Å². The summed E-state index contributed by atoms with van der Waals surface area (Å²) in [7, 11) is 1.53. The molecule has 0 unspecified atom stereocenters. The van der Waals surface area contributed by atoms with Crippen LogP contribution in [0.15, 0.2) is 45.7 Å². The zero-order valence-electron chi connectivity index (χ0n) is 12.4. The third-order valence-corrected chi connectivity index (χ3v) is 3.00. The number of amides is 1. The van der Waals surface area contributed by atoms with Crippen LogP contribution in [0.25, 0.3) is 11.6 Å². The summed E-state index contributed by atoms with van der Waals surface area (Å²) in [4.78, 5) is 20.1. The van der Waals surface area contributed by atoms with Gasteiger partial charge >= 0.3 is 0 Å². The molecule has 0 aliphatic rings. The summed E-state index contributed by atoms with van der Waals surface area (Å²) in [6, 6.07) is 6.86. The Morgan fingerprint density at radius 3 is 2.96 bits per heavy atom. The number of furan rings is 1. The number of nitrogens with one attached hydrogen (secondary N) is 1.